The zero-order chi connectivity index (χ0) is 19.9. The fraction of sp³-hybridized carbons (Fsp3) is 0.120. The van der Waals surface area contributed by atoms with Crippen LogP contribution in [0.2, 0.25) is 0 Å². The van der Waals surface area contributed by atoms with Crippen LogP contribution in [0, 0.1) is 5.41 Å². The fourth-order valence-corrected chi connectivity index (χ4v) is 5.17. The Morgan fingerprint density at radius 3 is 1.72 bits per heavy atom. The maximum absolute atomic E-state index is 13.3. The van der Waals surface area contributed by atoms with Gasteiger partial charge in [0.2, 0.25) is 0 Å². The quantitative estimate of drug-likeness (QED) is 0.438. The molecule has 3 aliphatic carbocycles. The van der Waals surface area contributed by atoms with Crippen molar-refractivity contribution in [1.82, 2.24) is 0 Å². The summed E-state index contributed by atoms with van der Waals surface area (Å²) in [5.41, 5.74) is 2.69. The molecule has 1 spiro atoms. The predicted molar refractivity (Wildman–Crippen MR) is 105 cm³/mol. The van der Waals surface area contributed by atoms with Gasteiger partial charge in [0.15, 0.2) is 23.1 Å². The van der Waals surface area contributed by atoms with Gasteiger partial charge in [0.25, 0.3) is 0 Å². The fourth-order valence-electron chi connectivity index (χ4n) is 5.17. The van der Waals surface area contributed by atoms with Gasteiger partial charge in [0, 0.05) is 33.4 Å². The second kappa shape index (κ2) is 5.23. The van der Waals surface area contributed by atoms with Crippen LogP contribution < -0.4 is 0 Å². The zero-order valence-corrected chi connectivity index (χ0v) is 15.3. The molecule has 4 nitrogen and oxygen atoms in total. The van der Waals surface area contributed by atoms with Gasteiger partial charge in [-0.25, -0.2) is 0 Å². The van der Waals surface area contributed by atoms with E-state index in [-0.39, 0.29) is 36.0 Å². The van der Waals surface area contributed by atoms with Crippen LogP contribution in [-0.2, 0) is 12.8 Å². The molecule has 0 saturated heterocycles. The summed E-state index contributed by atoms with van der Waals surface area (Å²) in [4.78, 5) is 52.7. The number of carbonyl (C=O) groups is 4. The molecule has 0 amide bonds. The number of carbonyl (C=O) groups excluding carboxylic acids is 4. The molecule has 0 N–H and O–H groups in total. The average molecular weight is 378 g/mol. The highest BCUT2D eigenvalue weighted by Crippen LogP contribution is 2.49. The van der Waals surface area contributed by atoms with E-state index >= 15 is 0 Å². The van der Waals surface area contributed by atoms with Gasteiger partial charge >= 0.3 is 0 Å². The van der Waals surface area contributed by atoms with Gasteiger partial charge in [-0.3, -0.25) is 19.2 Å². The summed E-state index contributed by atoms with van der Waals surface area (Å²) in [6.45, 7) is 0. The van der Waals surface area contributed by atoms with E-state index in [1.54, 1.807) is 60.7 Å². The first kappa shape index (κ1) is 16.3. The molecule has 6 rings (SSSR count). The molecule has 138 valence electrons. The van der Waals surface area contributed by atoms with Crippen LogP contribution in [0.1, 0.15) is 63.7 Å². The minimum atomic E-state index is -1.19. The molecule has 3 aliphatic rings. The lowest BCUT2D eigenvalue weighted by Gasteiger charge is -2.21. The molecular formula is C25H14O4. The summed E-state index contributed by atoms with van der Waals surface area (Å²) in [7, 11) is 0. The van der Waals surface area contributed by atoms with Gasteiger partial charge in [0.1, 0.15) is 5.41 Å². The Hall–Kier alpha value is -3.66. The van der Waals surface area contributed by atoms with E-state index < -0.39 is 5.41 Å². The van der Waals surface area contributed by atoms with Crippen molar-refractivity contribution in [3.05, 3.63) is 105 Å². The summed E-state index contributed by atoms with van der Waals surface area (Å²) in [5.74, 6) is -0.762. The van der Waals surface area contributed by atoms with E-state index in [2.05, 4.69) is 0 Å². The monoisotopic (exact) mass is 378 g/mol. The SMILES string of the molecule is O=C1c2ccccc2C(=O)c2c1ccc1c2CC2(C1)C(=O)c1ccccc1C2=O. The number of Topliss-reactive ketones (excluding diaryl/α,β-unsaturated/α-hetero) is 2. The lowest BCUT2D eigenvalue weighted by molar-refractivity contribution is 0.0709. The molecule has 0 aromatic heterocycles. The first-order valence-corrected chi connectivity index (χ1v) is 9.55. The van der Waals surface area contributed by atoms with E-state index in [9.17, 15) is 19.2 Å². The number of ketones is 4. The van der Waals surface area contributed by atoms with Crippen LogP contribution in [-0.4, -0.2) is 23.1 Å². The molecule has 0 aliphatic heterocycles. The normalized spacial score (nSPS) is 17.9. The molecular weight excluding hydrogens is 364 g/mol. The number of hydrogen-bond acceptors (Lipinski definition) is 4. The third-order valence-electron chi connectivity index (χ3n) is 6.55. The van der Waals surface area contributed by atoms with E-state index in [0.717, 1.165) is 5.56 Å². The standard InChI is InChI=1S/C25H14O4/c26-21-14-5-1-2-6-15(14)22(27)20-18(21)10-9-13-11-25(12-19(13)20)23(28)16-7-3-4-8-17(16)24(25)29/h1-10H,11-12H2. The molecule has 0 atom stereocenters. The van der Waals surface area contributed by atoms with Crippen LogP contribution in [0.15, 0.2) is 60.7 Å². The Morgan fingerprint density at radius 2 is 1.10 bits per heavy atom. The highest BCUT2D eigenvalue weighted by atomic mass is 16.2. The van der Waals surface area contributed by atoms with E-state index in [1.807, 2.05) is 0 Å². The summed E-state index contributed by atoms with van der Waals surface area (Å²) in [6, 6.07) is 17.1. The summed E-state index contributed by atoms with van der Waals surface area (Å²) in [5, 5.41) is 0. The maximum atomic E-state index is 13.3. The molecule has 0 fully saturated rings. The van der Waals surface area contributed by atoms with Crippen LogP contribution in [0.25, 0.3) is 0 Å². The Morgan fingerprint density at radius 1 is 0.552 bits per heavy atom. The first-order chi connectivity index (χ1) is 14.0. The lowest BCUT2D eigenvalue weighted by atomic mass is 9.78. The third kappa shape index (κ3) is 1.84. The molecule has 0 bridgehead atoms. The van der Waals surface area contributed by atoms with E-state index in [0.29, 0.717) is 38.9 Å². The van der Waals surface area contributed by atoms with Crippen molar-refractivity contribution in [2.75, 3.05) is 0 Å². The summed E-state index contributed by atoms with van der Waals surface area (Å²) in [6.07, 6.45) is 0.435. The smallest absolute Gasteiger partial charge is 0.194 e. The molecule has 4 heteroatoms. The molecule has 0 saturated carbocycles. The maximum Gasteiger partial charge on any atom is 0.194 e. The molecule has 0 unspecified atom stereocenters. The van der Waals surface area contributed by atoms with Crippen molar-refractivity contribution in [3.63, 3.8) is 0 Å². The highest BCUT2D eigenvalue weighted by molar-refractivity contribution is 6.32. The lowest BCUT2D eigenvalue weighted by Crippen LogP contribution is -2.34. The largest absolute Gasteiger partial charge is 0.293 e. The van der Waals surface area contributed by atoms with Crippen molar-refractivity contribution in [2.45, 2.75) is 12.8 Å². The van der Waals surface area contributed by atoms with Crippen molar-refractivity contribution in [1.29, 1.82) is 0 Å². The molecule has 3 aromatic rings. The van der Waals surface area contributed by atoms with Crippen LogP contribution in [0.3, 0.4) is 0 Å². The van der Waals surface area contributed by atoms with Gasteiger partial charge in [-0.2, -0.15) is 0 Å². The van der Waals surface area contributed by atoms with Gasteiger partial charge in [-0.15, -0.1) is 0 Å². The Labute approximate surface area is 166 Å². The summed E-state index contributed by atoms with van der Waals surface area (Å²) < 4.78 is 0. The topological polar surface area (TPSA) is 68.3 Å². The minimum Gasteiger partial charge on any atom is -0.293 e. The van der Waals surface area contributed by atoms with Crippen molar-refractivity contribution >= 4 is 23.1 Å². The Balaban J connectivity index is 1.54. The van der Waals surface area contributed by atoms with Gasteiger partial charge in [0.05, 0.1) is 0 Å². The van der Waals surface area contributed by atoms with E-state index in [1.165, 1.54) is 0 Å². The Kier molecular flexibility index (Phi) is 2.94. The van der Waals surface area contributed by atoms with Gasteiger partial charge in [-0.05, 0) is 30.0 Å². The number of rotatable bonds is 0. The first-order valence-electron chi connectivity index (χ1n) is 9.55. The Bertz CT molecular complexity index is 1290. The highest BCUT2D eigenvalue weighted by Gasteiger charge is 2.56. The predicted octanol–water partition coefficient (Wildman–Crippen LogP) is 3.63. The van der Waals surface area contributed by atoms with Crippen LogP contribution in [0.4, 0.5) is 0 Å². The number of benzene rings is 3. The minimum absolute atomic E-state index is 0.166. The molecule has 29 heavy (non-hydrogen) atoms. The summed E-state index contributed by atoms with van der Waals surface area (Å²) >= 11 is 0. The second-order valence-electron chi connectivity index (χ2n) is 7.97. The van der Waals surface area contributed by atoms with Crippen molar-refractivity contribution in [3.8, 4) is 0 Å². The van der Waals surface area contributed by atoms with Gasteiger partial charge in [-0.1, -0.05) is 54.6 Å². The molecule has 3 aromatic carbocycles. The van der Waals surface area contributed by atoms with E-state index in [4.69, 9.17) is 0 Å². The third-order valence-corrected chi connectivity index (χ3v) is 6.55. The zero-order valence-electron chi connectivity index (χ0n) is 15.3. The average Bonchev–Trinajstić information content (AvgIpc) is 3.24. The van der Waals surface area contributed by atoms with Gasteiger partial charge < -0.3 is 0 Å². The van der Waals surface area contributed by atoms with Crippen molar-refractivity contribution in [2.24, 2.45) is 5.41 Å². The molecule has 0 radical (unpaired) electrons. The van der Waals surface area contributed by atoms with Crippen LogP contribution in [0.5, 0.6) is 0 Å². The number of hydrogen-bond donors (Lipinski definition) is 0. The van der Waals surface area contributed by atoms with Crippen molar-refractivity contribution < 1.29 is 19.2 Å². The number of fused-ring (bicyclic) bond motifs is 5. The second-order valence-corrected chi connectivity index (χ2v) is 7.97. The van der Waals surface area contributed by atoms with Crippen LogP contribution >= 0.6 is 0 Å². The molecule has 0 heterocycles.